The highest BCUT2D eigenvalue weighted by atomic mass is 16.5. The molecule has 0 unspecified atom stereocenters. The molecule has 3 rings (SSSR count). The van der Waals surface area contributed by atoms with Gasteiger partial charge in [0.05, 0.1) is 35.5 Å². The van der Waals surface area contributed by atoms with Crippen molar-refractivity contribution in [3.63, 3.8) is 0 Å². The van der Waals surface area contributed by atoms with Crippen LogP contribution in [0.4, 0.5) is 0 Å². The predicted molar refractivity (Wildman–Crippen MR) is 117 cm³/mol. The van der Waals surface area contributed by atoms with Gasteiger partial charge in [0, 0.05) is 43.4 Å². The van der Waals surface area contributed by atoms with Crippen LogP contribution < -0.4 is 23.7 Å². The fourth-order valence-corrected chi connectivity index (χ4v) is 3.61. The second-order valence-corrected chi connectivity index (χ2v) is 7.10. The third-order valence-corrected chi connectivity index (χ3v) is 5.36. The number of amides is 2. The molecule has 1 saturated heterocycles. The lowest BCUT2D eigenvalue weighted by Crippen LogP contribution is -2.50. The Bertz CT molecular complexity index is 937. The fourth-order valence-electron chi connectivity index (χ4n) is 3.61. The maximum Gasteiger partial charge on any atom is 0.254 e. The summed E-state index contributed by atoms with van der Waals surface area (Å²) < 4.78 is 26.5. The van der Waals surface area contributed by atoms with Crippen LogP contribution >= 0.6 is 0 Å². The lowest BCUT2D eigenvalue weighted by atomic mass is 10.1. The highest BCUT2D eigenvalue weighted by molar-refractivity contribution is 5.97. The van der Waals surface area contributed by atoms with Crippen LogP contribution in [-0.4, -0.2) is 83.3 Å². The van der Waals surface area contributed by atoms with Crippen LogP contribution in [0.1, 0.15) is 20.7 Å². The highest BCUT2D eigenvalue weighted by Crippen LogP contribution is 2.38. The molecule has 172 valence electrons. The molecule has 0 bridgehead atoms. The molecule has 1 fully saturated rings. The minimum atomic E-state index is -0.167. The molecule has 1 aliphatic heterocycles. The minimum Gasteiger partial charge on any atom is -0.497 e. The zero-order valence-electron chi connectivity index (χ0n) is 19.0. The Morgan fingerprint density at radius 1 is 0.594 bits per heavy atom. The van der Waals surface area contributed by atoms with Crippen LogP contribution in [-0.2, 0) is 0 Å². The van der Waals surface area contributed by atoms with E-state index in [0.717, 1.165) is 0 Å². The van der Waals surface area contributed by atoms with Crippen LogP contribution in [0.15, 0.2) is 30.3 Å². The standard InChI is InChI=1S/C23H28N2O7/c1-28-17-10-15(11-18(14-17)29-2)22(26)24-6-8-25(9-7-24)23(27)16-12-19(30-3)21(32-5)20(13-16)31-4/h10-14H,6-9H2,1-5H3. The Labute approximate surface area is 187 Å². The molecule has 2 aromatic carbocycles. The van der Waals surface area contributed by atoms with Crippen molar-refractivity contribution in [2.24, 2.45) is 0 Å². The van der Waals surface area contributed by atoms with Crippen molar-refractivity contribution in [3.05, 3.63) is 41.5 Å². The Morgan fingerprint density at radius 2 is 1.00 bits per heavy atom. The molecule has 32 heavy (non-hydrogen) atoms. The van der Waals surface area contributed by atoms with Gasteiger partial charge in [-0.3, -0.25) is 9.59 Å². The monoisotopic (exact) mass is 444 g/mol. The van der Waals surface area contributed by atoms with Gasteiger partial charge in [-0.05, 0) is 24.3 Å². The zero-order valence-corrected chi connectivity index (χ0v) is 19.0. The van der Waals surface area contributed by atoms with Crippen LogP contribution in [0.5, 0.6) is 28.7 Å². The molecule has 0 N–H and O–H groups in total. The molecule has 9 nitrogen and oxygen atoms in total. The summed E-state index contributed by atoms with van der Waals surface area (Å²) in [7, 11) is 7.59. The topological polar surface area (TPSA) is 86.8 Å². The second kappa shape index (κ2) is 10.1. The summed E-state index contributed by atoms with van der Waals surface area (Å²) in [6.07, 6.45) is 0. The SMILES string of the molecule is COc1cc(OC)cc(C(=O)N2CCN(C(=O)c3cc(OC)c(OC)c(OC)c3)CC2)c1. The molecule has 2 aromatic rings. The molecule has 0 atom stereocenters. The molecule has 0 aromatic heterocycles. The summed E-state index contributed by atoms with van der Waals surface area (Å²) in [6, 6.07) is 8.33. The lowest BCUT2D eigenvalue weighted by Gasteiger charge is -2.35. The summed E-state index contributed by atoms with van der Waals surface area (Å²) in [6.45, 7) is 1.63. The van der Waals surface area contributed by atoms with E-state index in [1.54, 1.807) is 40.1 Å². The molecule has 0 saturated carbocycles. The molecule has 0 radical (unpaired) electrons. The largest absolute Gasteiger partial charge is 0.497 e. The number of methoxy groups -OCH3 is 5. The summed E-state index contributed by atoms with van der Waals surface area (Å²) in [5, 5.41) is 0. The van der Waals surface area contributed by atoms with E-state index >= 15 is 0 Å². The zero-order chi connectivity index (χ0) is 23.3. The number of carbonyl (C=O) groups excluding carboxylic acids is 2. The lowest BCUT2D eigenvalue weighted by molar-refractivity contribution is 0.0535. The van der Waals surface area contributed by atoms with E-state index in [2.05, 4.69) is 0 Å². The van der Waals surface area contributed by atoms with Gasteiger partial charge in [0.2, 0.25) is 5.75 Å². The molecule has 1 heterocycles. The van der Waals surface area contributed by atoms with Crippen molar-refractivity contribution in [2.75, 3.05) is 61.7 Å². The average Bonchev–Trinajstić information content (AvgIpc) is 2.86. The minimum absolute atomic E-state index is 0.137. The van der Waals surface area contributed by atoms with Crippen LogP contribution in [0, 0.1) is 0 Å². The number of nitrogens with zero attached hydrogens (tertiary/aromatic N) is 2. The molecular formula is C23H28N2O7. The van der Waals surface area contributed by atoms with E-state index < -0.39 is 0 Å². The van der Waals surface area contributed by atoms with Gasteiger partial charge in [0.1, 0.15) is 11.5 Å². The van der Waals surface area contributed by atoms with E-state index in [0.29, 0.717) is 66.1 Å². The van der Waals surface area contributed by atoms with Gasteiger partial charge in [0.15, 0.2) is 11.5 Å². The van der Waals surface area contributed by atoms with Gasteiger partial charge in [-0.1, -0.05) is 0 Å². The number of piperazine rings is 1. The van der Waals surface area contributed by atoms with Crippen molar-refractivity contribution in [2.45, 2.75) is 0 Å². The Morgan fingerprint density at radius 3 is 1.34 bits per heavy atom. The van der Waals surface area contributed by atoms with Gasteiger partial charge < -0.3 is 33.5 Å². The number of carbonyl (C=O) groups is 2. The number of hydrogen-bond acceptors (Lipinski definition) is 7. The first-order chi connectivity index (χ1) is 15.4. The van der Waals surface area contributed by atoms with E-state index in [1.165, 1.54) is 35.5 Å². The van der Waals surface area contributed by atoms with E-state index in [4.69, 9.17) is 23.7 Å². The first-order valence-corrected chi connectivity index (χ1v) is 10.1. The summed E-state index contributed by atoms with van der Waals surface area (Å²) >= 11 is 0. The maximum atomic E-state index is 13.1. The van der Waals surface area contributed by atoms with Gasteiger partial charge in [-0.2, -0.15) is 0 Å². The summed E-state index contributed by atoms with van der Waals surface area (Å²) in [4.78, 5) is 29.5. The van der Waals surface area contributed by atoms with E-state index in [1.807, 2.05) is 0 Å². The third-order valence-electron chi connectivity index (χ3n) is 5.36. The Balaban J connectivity index is 1.72. The van der Waals surface area contributed by atoms with Gasteiger partial charge >= 0.3 is 0 Å². The van der Waals surface area contributed by atoms with Gasteiger partial charge in [-0.15, -0.1) is 0 Å². The van der Waals surface area contributed by atoms with Gasteiger partial charge in [-0.25, -0.2) is 0 Å². The summed E-state index contributed by atoms with van der Waals surface area (Å²) in [5.41, 5.74) is 0.905. The van der Waals surface area contributed by atoms with Crippen molar-refractivity contribution in [1.29, 1.82) is 0 Å². The number of hydrogen-bond donors (Lipinski definition) is 0. The highest BCUT2D eigenvalue weighted by Gasteiger charge is 2.27. The molecular weight excluding hydrogens is 416 g/mol. The number of benzene rings is 2. The first kappa shape index (κ1) is 23.1. The quantitative estimate of drug-likeness (QED) is 0.648. The Kier molecular flexibility index (Phi) is 7.29. The second-order valence-electron chi connectivity index (χ2n) is 7.10. The van der Waals surface area contributed by atoms with E-state index in [9.17, 15) is 9.59 Å². The predicted octanol–water partition coefficient (Wildman–Crippen LogP) is 2.33. The van der Waals surface area contributed by atoms with Crippen molar-refractivity contribution >= 4 is 11.8 Å². The summed E-state index contributed by atoms with van der Waals surface area (Å²) in [5.74, 6) is 2.04. The normalized spacial score (nSPS) is 13.4. The van der Waals surface area contributed by atoms with Crippen molar-refractivity contribution in [1.82, 2.24) is 9.80 Å². The smallest absolute Gasteiger partial charge is 0.254 e. The first-order valence-electron chi connectivity index (χ1n) is 10.1. The van der Waals surface area contributed by atoms with Crippen molar-refractivity contribution in [3.8, 4) is 28.7 Å². The molecule has 1 aliphatic rings. The maximum absolute atomic E-state index is 13.1. The molecule has 0 aliphatic carbocycles. The average molecular weight is 444 g/mol. The Hall–Kier alpha value is -3.62. The van der Waals surface area contributed by atoms with Crippen LogP contribution in [0.25, 0.3) is 0 Å². The van der Waals surface area contributed by atoms with Crippen LogP contribution in [0.2, 0.25) is 0 Å². The third kappa shape index (κ3) is 4.66. The van der Waals surface area contributed by atoms with E-state index in [-0.39, 0.29) is 11.8 Å². The molecule has 0 spiro atoms. The van der Waals surface area contributed by atoms with Gasteiger partial charge in [0.25, 0.3) is 11.8 Å². The molecule has 2 amide bonds. The van der Waals surface area contributed by atoms with Crippen molar-refractivity contribution < 1.29 is 33.3 Å². The van der Waals surface area contributed by atoms with Crippen LogP contribution in [0.3, 0.4) is 0 Å². The molecule has 9 heteroatoms. The fraction of sp³-hybridized carbons (Fsp3) is 0.391. The number of ether oxygens (including phenoxy) is 5. The number of rotatable bonds is 7.